The van der Waals surface area contributed by atoms with Crippen molar-refractivity contribution in [2.45, 2.75) is 57.9 Å². The molecule has 0 aliphatic carbocycles. The molecular weight excluding hydrogens is 651 g/mol. The van der Waals surface area contributed by atoms with E-state index in [9.17, 15) is 26.7 Å². The van der Waals surface area contributed by atoms with E-state index >= 15 is 0 Å². The number of alkyl halides is 3. The maximum absolute atomic E-state index is 14.5. The number of nitrogens with two attached hydrogens (primary N) is 1. The number of benzene rings is 3. The number of hydrogen-bond donors (Lipinski definition) is 2. The fourth-order valence-corrected chi connectivity index (χ4v) is 6.46. The van der Waals surface area contributed by atoms with Gasteiger partial charge in [-0.15, -0.1) is 0 Å². The number of aliphatic imine (C=N–C) groups is 1. The van der Waals surface area contributed by atoms with Crippen LogP contribution >= 0.6 is 0 Å². The van der Waals surface area contributed by atoms with E-state index in [2.05, 4.69) is 16.8 Å². The lowest BCUT2D eigenvalue weighted by atomic mass is 10.00. The highest BCUT2D eigenvalue weighted by atomic mass is 19.4. The van der Waals surface area contributed by atoms with Crippen LogP contribution in [0.2, 0.25) is 0 Å². The average molecular weight is 693 g/mol. The molecule has 0 spiro atoms. The molecular formula is C38H41F5N6O. The molecule has 0 bridgehead atoms. The van der Waals surface area contributed by atoms with Crippen LogP contribution in [0.1, 0.15) is 47.7 Å². The van der Waals surface area contributed by atoms with Gasteiger partial charge in [0.25, 0.3) is 0 Å². The van der Waals surface area contributed by atoms with E-state index < -0.39 is 23.4 Å². The molecule has 4 aromatic rings. The summed E-state index contributed by atoms with van der Waals surface area (Å²) in [7, 11) is 1.56. The number of carbonyl (C=O) groups excluding carboxylic acids is 1. The Bertz CT molecular complexity index is 1880. The summed E-state index contributed by atoms with van der Waals surface area (Å²) < 4.78 is 69.2. The van der Waals surface area contributed by atoms with Gasteiger partial charge in [-0.1, -0.05) is 55.5 Å². The Labute approximate surface area is 288 Å². The molecule has 5 rings (SSSR count). The largest absolute Gasteiger partial charge is 0.416 e. The quantitative estimate of drug-likeness (QED) is 0.133. The van der Waals surface area contributed by atoms with Crippen molar-refractivity contribution in [2.24, 2.45) is 4.99 Å². The van der Waals surface area contributed by atoms with Crippen molar-refractivity contribution >= 4 is 17.8 Å². The van der Waals surface area contributed by atoms with E-state index in [4.69, 9.17) is 11.1 Å². The third-order valence-corrected chi connectivity index (χ3v) is 9.36. The third-order valence-electron chi connectivity index (χ3n) is 9.36. The van der Waals surface area contributed by atoms with E-state index in [0.29, 0.717) is 23.4 Å². The summed E-state index contributed by atoms with van der Waals surface area (Å²) in [4.78, 5) is 22.5. The Hall–Kier alpha value is -4.84. The van der Waals surface area contributed by atoms with Crippen molar-refractivity contribution in [3.8, 4) is 11.1 Å². The zero-order valence-electron chi connectivity index (χ0n) is 28.1. The van der Waals surface area contributed by atoms with Crippen molar-refractivity contribution in [2.75, 3.05) is 32.4 Å². The fraction of sp³-hybridized carbons (Fsp3) is 0.342. The second-order valence-corrected chi connectivity index (χ2v) is 12.5. The number of halogens is 5. The van der Waals surface area contributed by atoms with Gasteiger partial charge in [-0.25, -0.2) is 8.78 Å². The highest BCUT2D eigenvalue weighted by molar-refractivity contribution is 5.86. The van der Waals surface area contributed by atoms with Gasteiger partial charge in [0.05, 0.1) is 11.1 Å². The van der Waals surface area contributed by atoms with Gasteiger partial charge in [-0.2, -0.15) is 13.2 Å². The molecule has 1 aliphatic heterocycles. The zero-order chi connectivity index (χ0) is 36.0. The lowest BCUT2D eigenvalue weighted by molar-refractivity contribution is -0.137. The van der Waals surface area contributed by atoms with Gasteiger partial charge in [0.2, 0.25) is 5.91 Å². The average Bonchev–Trinajstić information content (AvgIpc) is 3.11. The minimum atomic E-state index is -4.41. The van der Waals surface area contributed by atoms with E-state index in [1.807, 2.05) is 29.2 Å². The molecule has 50 heavy (non-hydrogen) atoms. The number of aryl methyl sites for hydroxylation is 2. The number of nitrogens with one attached hydrogen (secondary N) is 1. The molecule has 7 nitrogen and oxygen atoms in total. The molecule has 1 amide bonds. The van der Waals surface area contributed by atoms with Crippen LogP contribution in [0.15, 0.2) is 77.8 Å². The second-order valence-electron chi connectivity index (χ2n) is 12.5. The summed E-state index contributed by atoms with van der Waals surface area (Å²) in [6.45, 7) is 4.79. The maximum atomic E-state index is 14.5. The summed E-state index contributed by atoms with van der Waals surface area (Å²) in [5.41, 5.74) is 9.16. The number of nitrogen functional groups attached to an aromatic ring is 1. The predicted molar refractivity (Wildman–Crippen MR) is 185 cm³/mol. The number of likely N-dealkylation sites (tertiary alicyclic amines) is 1. The Kier molecular flexibility index (Phi) is 11.5. The van der Waals surface area contributed by atoms with Crippen molar-refractivity contribution in [3.63, 3.8) is 0 Å². The number of aromatic nitrogens is 1. The Morgan fingerprint density at radius 3 is 2.24 bits per heavy atom. The first-order valence-corrected chi connectivity index (χ1v) is 16.6. The van der Waals surface area contributed by atoms with Gasteiger partial charge < -0.3 is 20.1 Å². The van der Waals surface area contributed by atoms with Gasteiger partial charge in [-0.3, -0.25) is 15.2 Å². The van der Waals surface area contributed by atoms with Crippen LogP contribution in [-0.4, -0.2) is 59.2 Å². The number of hydrogen-bond acceptors (Lipinski definition) is 5. The zero-order valence-corrected chi connectivity index (χ0v) is 28.1. The van der Waals surface area contributed by atoms with Crippen molar-refractivity contribution in [1.29, 1.82) is 5.41 Å². The predicted octanol–water partition coefficient (Wildman–Crippen LogP) is 6.86. The van der Waals surface area contributed by atoms with Gasteiger partial charge >= 0.3 is 6.18 Å². The van der Waals surface area contributed by atoms with Crippen molar-refractivity contribution < 1.29 is 26.7 Å². The van der Waals surface area contributed by atoms with E-state index in [-0.39, 0.29) is 48.1 Å². The molecule has 1 aliphatic rings. The van der Waals surface area contributed by atoms with E-state index in [1.54, 1.807) is 17.7 Å². The number of amides is 1. The van der Waals surface area contributed by atoms with E-state index in [0.717, 1.165) is 61.8 Å². The molecule has 1 fully saturated rings. The Morgan fingerprint density at radius 1 is 1.00 bits per heavy atom. The lowest BCUT2D eigenvalue weighted by Crippen LogP contribution is -2.48. The smallest absolute Gasteiger partial charge is 0.398 e. The highest BCUT2D eigenvalue weighted by Crippen LogP contribution is 2.31. The molecule has 0 unspecified atom stereocenters. The summed E-state index contributed by atoms with van der Waals surface area (Å²) >= 11 is 0. The standard InChI is InChI=1S/C38H41F5N6O/c1-3-47-19-17-30(18-20-47)48(23-25-7-9-26(10-8-25)27-11-14-29(15-12-27)38(41,42)43)35(50)24-49-31(21-34(44)32(22-46-2)37(49)45)16-13-28-5-4-6-33(39)36(28)40/h4-12,14-15,21-22,30,45H,3,13,16-20,23-24,44H2,1-2H3. The molecule has 3 N–H and O–H groups in total. The molecule has 264 valence electrons. The first-order chi connectivity index (χ1) is 23.9. The molecule has 1 saturated heterocycles. The van der Waals surface area contributed by atoms with Gasteiger partial charge in [-0.05, 0) is 78.7 Å². The van der Waals surface area contributed by atoms with Crippen LogP contribution in [0.4, 0.5) is 27.6 Å². The number of nitrogens with zero attached hydrogens (tertiary/aromatic N) is 4. The van der Waals surface area contributed by atoms with Crippen LogP contribution in [0, 0.1) is 17.0 Å². The lowest BCUT2D eigenvalue weighted by Gasteiger charge is -2.38. The van der Waals surface area contributed by atoms with Crippen LogP contribution in [0.5, 0.6) is 0 Å². The van der Waals surface area contributed by atoms with Gasteiger partial charge in [0, 0.05) is 50.3 Å². The topological polar surface area (TPSA) is 90.7 Å². The van der Waals surface area contributed by atoms with Crippen LogP contribution in [-0.2, 0) is 36.9 Å². The maximum Gasteiger partial charge on any atom is 0.416 e. The third kappa shape index (κ3) is 8.47. The number of piperidine rings is 1. The van der Waals surface area contributed by atoms with Crippen LogP contribution in [0.25, 0.3) is 11.1 Å². The number of rotatable bonds is 11. The SMILES string of the molecule is CCN1CCC(N(Cc2ccc(-c3ccc(C(F)(F)F)cc3)cc2)C(=O)Cn2c(CCc3cccc(F)c3F)cc(N)c(C=NC)c2=N)CC1. The van der Waals surface area contributed by atoms with E-state index in [1.165, 1.54) is 30.5 Å². The first kappa shape index (κ1) is 36.4. The summed E-state index contributed by atoms with van der Waals surface area (Å²) in [6.07, 6.45) is -1.09. The summed E-state index contributed by atoms with van der Waals surface area (Å²) in [5, 5.41) is 9.01. The number of pyridine rings is 1. The molecule has 2 heterocycles. The Balaban J connectivity index is 1.43. The highest BCUT2D eigenvalue weighted by Gasteiger charge is 2.30. The number of carbonyl (C=O) groups is 1. The number of anilines is 1. The van der Waals surface area contributed by atoms with Crippen molar-refractivity contribution in [3.05, 3.63) is 118 Å². The van der Waals surface area contributed by atoms with Crippen LogP contribution < -0.4 is 11.2 Å². The van der Waals surface area contributed by atoms with Gasteiger partial charge in [0.15, 0.2) is 11.6 Å². The normalized spacial score (nSPS) is 14.4. The monoisotopic (exact) mass is 692 g/mol. The molecule has 3 aromatic carbocycles. The van der Waals surface area contributed by atoms with Crippen molar-refractivity contribution in [1.82, 2.24) is 14.4 Å². The minimum Gasteiger partial charge on any atom is -0.398 e. The molecule has 1 aromatic heterocycles. The summed E-state index contributed by atoms with van der Waals surface area (Å²) in [6, 6.07) is 18.0. The Morgan fingerprint density at radius 2 is 1.64 bits per heavy atom. The first-order valence-electron chi connectivity index (χ1n) is 16.6. The molecule has 0 radical (unpaired) electrons. The molecule has 0 saturated carbocycles. The van der Waals surface area contributed by atoms with Gasteiger partial charge in [0.1, 0.15) is 12.0 Å². The minimum absolute atomic E-state index is 0.0136. The van der Waals surface area contributed by atoms with Crippen LogP contribution in [0.3, 0.4) is 0 Å². The summed E-state index contributed by atoms with van der Waals surface area (Å²) in [5.74, 6) is -2.09. The molecule has 12 heteroatoms. The molecule has 0 atom stereocenters. The fourth-order valence-electron chi connectivity index (χ4n) is 6.46. The second kappa shape index (κ2) is 15.8.